The zero-order valence-electron chi connectivity index (χ0n) is 14.2. The first kappa shape index (κ1) is 20.2. The molecule has 3 atom stereocenters. The van der Waals surface area contributed by atoms with Gasteiger partial charge in [0, 0.05) is 11.7 Å². The van der Waals surface area contributed by atoms with Crippen molar-refractivity contribution in [1.82, 2.24) is 4.90 Å². The molecule has 0 radical (unpaired) electrons. The third-order valence-electron chi connectivity index (χ3n) is 4.48. The van der Waals surface area contributed by atoms with E-state index in [1.54, 1.807) is 9.80 Å². The molecule has 0 aliphatic carbocycles. The van der Waals surface area contributed by atoms with Gasteiger partial charge in [-0.2, -0.15) is 0 Å². The molecule has 3 heterocycles. The van der Waals surface area contributed by atoms with Gasteiger partial charge in [0.1, 0.15) is 15.9 Å². The van der Waals surface area contributed by atoms with Crippen LogP contribution in [0.5, 0.6) is 0 Å². The van der Waals surface area contributed by atoms with Gasteiger partial charge >= 0.3 is 29.6 Å². The first-order chi connectivity index (χ1) is 10.6. The van der Waals surface area contributed by atoms with E-state index in [0.717, 1.165) is 5.00 Å². The minimum absolute atomic E-state index is 0. The quantitative estimate of drug-likeness (QED) is 0.460. The minimum atomic E-state index is -1.13. The van der Waals surface area contributed by atoms with Crippen molar-refractivity contribution in [3.63, 3.8) is 0 Å². The van der Waals surface area contributed by atoms with E-state index < -0.39 is 22.3 Å². The topological polar surface area (TPSA) is 63.7 Å². The van der Waals surface area contributed by atoms with Crippen molar-refractivity contribution in [2.75, 3.05) is 4.90 Å². The summed E-state index contributed by atoms with van der Waals surface area (Å²) in [6, 6.07) is 2.98. The number of carbonyl (C=O) groups is 2. The largest absolute Gasteiger partial charge is 1.00 e. The van der Waals surface area contributed by atoms with Crippen LogP contribution < -0.4 is 39.6 Å². The molecular weight excluding hydrogens is 375 g/mol. The number of fused-ring (bicyclic) bond motifs is 1. The molecule has 124 valence electrons. The number of anilines is 1. The van der Waals surface area contributed by atoms with Crippen LogP contribution in [-0.4, -0.2) is 43.5 Å². The van der Waals surface area contributed by atoms with Crippen LogP contribution in [0, 0.1) is 0 Å². The Morgan fingerprint density at radius 1 is 1.38 bits per heavy atom. The van der Waals surface area contributed by atoms with E-state index in [1.165, 1.54) is 30.0 Å². The maximum atomic E-state index is 12.3. The first-order valence-electron chi connectivity index (χ1n) is 7.18. The van der Waals surface area contributed by atoms with Crippen LogP contribution in [0.2, 0.25) is 0 Å². The van der Waals surface area contributed by atoms with Crippen molar-refractivity contribution in [2.45, 2.75) is 49.4 Å². The number of carbonyl (C=O) groups excluding carboxylic acids is 2. The Balaban J connectivity index is 0.00000208. The number of thioether (sulfide) groups is 1. The molecule has 5 nitrogen and oxygen atoms in total. The molecule has 3 rings (SSSR count). The second kappa shape index (κ2) is 6.55. The van der Waals surface area contributed by atoms with E-state index in [-0.39, 0.29) is 40.8 Å². The molecule has 0 spiro atoms. The number of hydrogen-bond donors (Lipinski definition) is 0. The van der Waals surface area contributed by atoms with Crippen LogP contribution in [0.3, 0.4) is 0 Å². The summed E-state index contributed by atoms with van der Waals surface area (Å²) >= 11 is 8.56. The summed E-state index contributed by atoms with van der Waals surface area (Å²) in [6.45, 7) is 7.18. The zero-order chi connectivity index (χ0) is 17.2. The fourth-order valence-corrected chi connectivity index (χ4v) is 6.63. The standard InChI is InChI=1S/C15H18N2O3S3.Na/c1-8(18)17(9-6-5-7-22-9)15(4)12(21)16-10(11(19)20)14(2,3)23-13(15)16;/h5-7,10,13H,1-4H3,(H,19,20);/q;+1/p-1/t10-,13+,15-;/m0./s1. The van der Waals surface area contributed by atoms with Crippen LogP contribution in [0.15, 0.2) is 17.5 Å². The van der Waals surface area contributed by atoms with Crippen molar-refractivity contribution in [2.24, 2.45) is 0 Å². The van der Waals surface area contributed by atoms with E-state index in [2.05, 4.69) is 0 Å². The summed E-state index contributed by atoms with van der Waals surface area (Å²) in [7, 11) is 0. The molecule has 0 aromatic carbocycles. The van der Waals surface area contributed by atoms with Crippen molar-refractivity contribution in [1.29, 1.82) is 0 Å². The van der Waals surface area contributed by atoms with E-state index in [4.69, 9.17) is 12.2 Å². The number of thiocarbonyl (C=S) groups is 1. The molecule has 1 aromatic rings. The Morgan fingerprint density at radius 3 is 2.46 bits per heavy atom. The number of carboxylic acid groups (broad SMARTS) is 1. The van der Waals surface area contributed by atoms with Crippen molar-refractivity contribution >= 4 is 57.2 Å². The summed E-state index contributed by atoms with van der Waals surface area (Å²) in [5.74, 6) is -1.23. The number of thiophene rings is 1. The van der Waals surface area contributed by atoms with Gasteiger partial charge in [-0.3, -0.25) is 9.69 Å². The van der Waals surface area contributed by atoms with E-state index in [1.807, 2.05) is 38.3 Å². The summed E-state index contributed by atoms with van der Waals surface area (Å²) in [5.41, 5.74) is -0.710. The Morgan fingerprint density at radius 2 is 2.00 bits per heavy atom. The van der Waals surface area contributed by atoms with Crippen molar-refractivity contribution < 1.29 is 44.3 Å². The molecule has 0 bridgehead atoms. The molecule has 9 heteroatoms. The van der Waals surface area contributed by atoms with Gasteiger partial charge in [-0.25, -0.2) is 0 Å². The summed E-state index contributed by atoms with van der Waals surface area (Å²) in [5, 5.41) is 14.1. The van der Waals surface area contributed by atoms with Crippen LogP contribution in [0.1, 0.15) is 27.7 Å². The van der Waals surface area contributed by atoms with Gasteiger partial charge in [-0.1, -0.05) is 12.2 Å². The van der Waals surface area contributed by atoms with E-state index in [0.29, 0.717) is 4.99 Å². The normalized spacial score (nSPS) is 30.2. The molecule has 1 amide bonds. The summed E-state index contributed by atoms with van der Waals surface area (Å²) in [6.07, 6.45) is 0. The van der Waals surface area contributed by atoms with Gasteiger partial charge in [0.2, 0.25) is 5.91 Å². The zero-order valence-corrected chi connectivity index (χ0v) is 18.7. The Bertz CT molecular complexity index is 694. The van der Waals surface area contributed by atoms with Gasteiger partial charge in [0.05, 0.1) is 17.0 Å². The number of hydrogen-bond acceptors (Lipinski definition) is 6. The van der Waals surface area contributed by atoms with E-state index in [9.17, 15) is 14.7 Å². The molecule has 0 unspecified atom stereocenters. The predicted octanol–water partition coefficient (Wildman–Crippen LogP) is -1.52. The summed E-state index contributed by atoms with van der Waals surface area (Å²) < 4.78 is -0.538. The SMILES string of the molecule is CC(=O)N(c1cccs1)[C@@]1(C)C(=S)N2[C@@H](C(=O)[O-])C(C)(C)S[C@@H]21.[Na+]. The van der Waals surface area contributed by atoms with Crippen LogP contribution in [0.25, 0.3) is 0 Å². The molecule has 0 N–H and O–H groups in total. The van der Waals surface area contributed by atoms with Crippen molar-refractivity contribution in [3.8, 4) is 0 Å². The van der Waals surface area contributed by atoms with Gasteiger partial charge < -0.3 is 14.8 Å². The second-order valence-corrected chi connectivity index (χ2v) is 9.51. The predicted molar refractivity (Wildman–Crippen MR) is 94.6 cm³/mol. The molecule has 1 aromatic heterocycles. The smallest absolute Gasteiger partial charge is 0.548 e. The monoisotopic (exact) mass is 392 g/mol. The maximum absolute atomic E-state index is 12.3. The van der Waals surface area contributed by atoms with Crippen LogP contribution in [-0.2, 0) is 9.59 Å². The molecule has 2 saturated heterocycles. The third-order valence-corrected chi connectivity index (χ3v) is 7.70. The maximum Gasteiger partial charge on any atom is 1.00 e. The number of carboxylic acids is 1. The average molecular weight is 393 g/mol. The van der Waals surface area contributed by atoms with Crippen molar-refractivity contribution in [3.05, 3.63) is 17.5 Å². The van der Waals surface area contributed by atoms with Crippen LogP contribution >= 0.6 is 35.3 Å². The first-order valence-corrected chi connectivity index (χ1v) is 9.35. The summed E-state index contributed by atoms with van der Waals surface area (Å²) in [4.78, 5) is 27.8. The molecule has 2 fully saturated rings. The average Bonchev–Trinajstić information content (AvgIpc) is 3.02. The Kier molecular flexibility index (Phi) is 5.52. The van der Waals surface area contributed by atoms with Crippen LogP contribution in [0.4, 0.5) is 5.00 Å². The fourth-order valence-electron chi connectivity index (χ4n) is 3.50. The van der Waals surface area contributed by atoms with Gasteiger partial charge in [0.25, 0.3) is 0 Å². The molecule has 2 aliphatic heterocycles. The number of aliphatic carboxylic acids is 1. The number of nitrogens with zero attached hydrogens (tertiary/aromatic N) is 2. The second-order valence-electron chi connectivity index (χ2n) is 6.46. The number of rotatable bonds is 3. The van der Waals surface area contributed by atoms with E-state index >= 15 is 0 Å². The molecular formula is C15H17N2NaO3S3. The Labute approximate surface area is 177 Å². The fraction of sp³-hybridized carbons (Fsp3) is 0.533. The Hall–Kier alpha value is -0.120. The number of amides is 1. The van der Waals surface area contributed by atoms with Gasteiger partial charge in [-0.05, 0) is 38.3 Å². The third kappa shape index (κ3) is 2.66. The van der Waals surface area contributed by atoms with Gasteiger partial charge in [0.15, 0.2) is 0 Å². The molecule has 2 aliphatic rings. The molecule has 24 heavy (non-hydrogen) atoms. The molecule has 0 saturated carbocycles. The van der Waals surface area contributed by atoms with Gasteiger partial charge in [-0.15, -0.1) is 23.1 Å². The minimum Gasteiger partial charge on any atom is -0.548 e.